The Morgan fingerprint density at radius 1 is 1.59 bits per heavy atom. The molecule has 0 aromatic carbocycles. The molecular formula is C9H10ClN5O2. The fraction of sp³-hybridized carbons (Fsp3) is 0.333. The molecular weight excluding hydrogens is 246 g/mol. The first-order valence-electron chi connectivity index (χ1n) is 4.96. The van der Waals surface area contributed by atoms with Gasteiger partial charge in [-0.1, -0.05) is 0 Å². The standard InChI is InChI=1S/C9H10ClN5O2/c10-9-12-3-7(4-13-9)5-14-2-1-11-8(14)6-15(16)17/h3-4,6,11H,1-2,5H2/b8-6-. The Bertz CT molecular complexity index is 447. The molecule has 8 heteroatoms. The Morgan fingerprint density at radius 2 is 2.29 bits per heavy atom. The van der Waals surface area contributed by atoms with Crippen LogP contribution in [0.15, 0.2) is 24.4 Å². The second kappa shape index (κ2) is 4.96. The average molecular weight is 256 g/mol. The summed E-state index contributed by atoms with van der Waals surface area (Å²) in [4.78, 5) is 19.5. The zero-order chi connectivity index (χ0) is 12.3. The summed E-state index contributed by atoms with van der Waals surface area (Å²) < 4.78 is 0. The Balaban J connectivity index is 2.07. The molecule has 0 saturated carbocycles. The summed E-state index contributed by atoms with van der Waals surface area (Å²) in [7, 11) is 0. The SMILES string of the molecule is O=[N+]([O-])/C=C1/NCCN1Cc1cnc(Cl)nc1. The zero-order valence-corrected chi connectivity index (χ0v) is 9.59. The highest BCUT2D eigenvalue weighted by atomic mass is 35.5. The average Bonchev–Trinajstić information content (AvgIpc) is 2.68. The number of nitrogens with one attached hydrogen (secondary N) is 1. The van der Waals surface area contributed by atoms with Gasteiger partial charge in [-0.2, -0.15) is 0 Å². The number of hydrogen-bond acceptors (Lipinski definition) is 6. The van der Waals surface area contributed by atoms with Crippen LogP contribution in [-0.4, -0.2) is 32.9 Å². The van der Waals surface area contributed by atoms with Gasteiger partial charge < -0.3 is 10.2 Å². The van der Waals surface area contributed by atoms with Crippen molar-refractivity contribution in [3.63, 3.8) is 0 Å². The van der Waals surface area contributed by atoms with Crippen LogP contribution >= 0.6 is 11.6 Å². The Hall–Kier alpha value is -1.89. The number of nitrogens with zero attached hydrogens (tertiary/aromatic N) is 4. The second-order valence-corrected chi connectivity index (χ2v) is 3.85. The van der Waals surface area contributed by atoms with Crippen molar-refractivity contribution in [3.8, 4) is 0 Å². The third-order valence-electron chi connectivity index (χ3n) is 2.30. The van der Waals surface area contributed by atoms with Crippen LogP contribution < -0.4 is 5.32 Å². The zero-order valence-electron chi connectivity index (χ0n) is 8.84. The lowest BCUT2D eigenvalue weighted by Crippen LogP contribution is -2.20. The van der Waals surface area contributed by atoms with Gasteiger partial charge in [-0.3, -0.25) is 10.1 Å². The summed E-state index contributed by atoms with van der Waals surface area (Å²) in [6.07, 6.45) is 4.18. The van der Waals surface area contributed by atoms with Crippen molar-refractivity contribution in [1.29, 1.82) is 0 Å². The van der Waals surface area contributed by atoms with Gasteiger partial charge in [-0.25, -0.2) is 9.97 Å². The maximum absolute atomic E-state index is 10.4. The highest BCUT2D eigenvalue weighted by molar-refractivity contribution is 6.28. The van der Waals surface area contributed by atoms with E-state index in [1.165, 1.54) is 0 Å². The van der Waals surface area contributed by atoms with Gasteiger partial charge in [0.1, 0.15) is 0 Å². The van der Waals surface area contributed by atoms with Gasteiger partial charge in [-0.05, 0) is 11.6 Å². The maximum Gasteiger partial charge on any atom is 0.274 e. The molecule has 0 bridgehead atoms. The largest absolute Gasteiger partial charge is 0.365 e. The van der Waals surface area contributed by atoms with Gasteiger partial charge >= 0.3 is 0 Å². The first-order valence-corrected chi connectivity index (χ1v) is 5.33. The Kier molecular flexibility index (Phi) is 3.38. The number of hydrogen-bond donors (Lipinski definition) is 1. The van der Waals surface area contributed by atoms with E-state index in [9.17, 15) is 10.1 Å². The van der Waals surface area contributed by atoms with Crippen LogP contribution in [0, 0.1) is 10.1 Å². The van der Waals surface area contributed by atoms with Crippen molar-refractivity contribution in [2.45, 2.75) is 6.54 Å². The molecule has 7 nitrogen and oxygen atoms in total. The molecule has 0 amide bonds. The van der Waals surface area contributed by atoms with Gasteiger partial charge in [0.15, 0.2) is 5.82 Å². The quantitative estimate of drug-likeness (QED) is 0.484. The van der Waals surface area contributed by atoms with Crippen LogP contribution in [0.1, 0.15) is 5.56 Å². The van der Waals surface area contributed by atoms with E-state index in [-0.39, 0.29) is 5.28 Å². The number of aromatic nitrogens is 2. The molecule has 0 radical (unpaired) electrons. The lowest BCUT2D eigenvalue weighted by molar-refractivity contribution is -0.404. The lowest BCUT2D eigenvalue weighted by Gasteiger charge is -2.16. The van der Waals surface area contributed by atoms with E-state index in [2.05, 4.69) is 15.3 Å². The molecule has 1 aliphatic rings. The molecule has 0 spiro atoms. The van der Waals surface area contributed by atoms with Crippen molar-refractivity contribution in [1.82, 2.24) is 20.2 Å². The van der Waals surface area contributed by atoms with E-state index in [1.54, 1.807) is 12.4 Å². The van der Waals surface area contributed by atoms with E-state index in [1.807, 2.05) is 4.90 Å². The van der Waals surface area contributed by atoms with Crippen LogP contribution in [0.2, 0.25) is 5.28 Å². The van der Waals surface area contributed by atoms with Crippen LogP contribution in [0.5, 0.6) is 0 Å². The summed E-state index contributed by atoms with van der Waals surface area (Å²) in [5.41, 5.74) is 0.854. The first-order chi connectivity index (χ1) is 8.15. The van der Waals surface area contributed by atoms with Gasteiger partial charge in [0.25, 0.3) is 6.20 Å². The van der Waals surface area contributed by atoms with Gasteiger partial charge in [0.05, 0.1) is 4.92 Å². The smallest absolute Gasteiger partial charge is 0.274 e. The molecule has 2 rings (SSSR count). The van der Waals surface area contributed by atoms with Crippen molar-refractivity contribution in [2.75, 3.05) is 13.1 Å². The highest BCUT2D eigenvalue weighted by Gasteiger charge is 2.19. The van der Waals surface area contributed by atoms with E-state index in [4.69, 9.17) is 11.6 Å². The number of rotatable bonds is 3. The summed E-state index contributed by atoms with van der Waals surface area (Å²) >= 11 is 5.58. The van der Waals surface area contributed by atoms with E-state index >= 15 is 0 Å². The predicted molar refractivity (Wildman–Crippen MR) is 60.5 cm³/mol. The molecule has 1 aromatic rings. The van der Waals surface area contributed by atoms with Crippen LogP contribution in [0.25, 0.3) is 0 Å². The lowest BCUT2D eigenvalue weighted by atomic mass is 10.3. The molecule has 17 heavy (non-hydrogen) atoms. The maximum atomic E-state index is 10.4. The molecule has 0 unspecified atom stereocenters. The molecule has 90 valence electrons. The summed E-state index contributed by atoms with van der Waals surface area (Å²) in [6, 6.07) is 0. The molecule has 1 N–H and O–H groups in total. The van der Waals surface area contributed by atoms with Gasteiger partial charge in [0, 0.05) is 37.6 Å². The molecule has 1 aliphatic heterocycles. The minimum atomic E-state index is -0.473. The van der Waals surface area contributed by atoms with Crippen LogP contribution in [-0.2, 0) is 6.54 Å². The number of halogens is 1. The van der Waals surface area contributed by atoms with Crippen molar-refractivity contribution in [3.05, 3.63) is 45.4 Å². The summed E-state index contributed by atoms with van der Waals surface area (Å²) in [6.45, 7) is 1.92. The monoisotopic (exact) mass is 255 g/mol. The fourth-order valence-corrected chi connectivity index (χ4v) is 1.68. The Morgan fingerprint density at radius 3 is 2.94 bits per heavy atom. The normalized spacial score (nSPS) is 17.2. The molecule has 2 heterocycles. The molecule has 1 fully saturated rings. The number of nitro groups is 1. The third kappa shape index (κ3) is 3.04. The van der Waals surface area contributed by atoms with Crippen LogP contribution in [0.3, 0.4) is 0 Å². The van der Waals surface area contributed by atoms with Crippen molar-refractivity contribution >= 4 is 11.6 Å². The minimum Gasteiger partial charge on any atom is -0.365 e. The topological polar surface area (TPSA) is 84.2 Å². The van der Waals surface area contributed by atoms with Crippen LogP contribution in [0.4, 0.5) is 0 Å². The molecule has 1 aromatic heterocycles. The molecule has 1 saturated heterocycles. The highest BCUT2D eigenvalue weighted by Crippen LogP contribution is 2.12. The van der Waals surface area contributed by atoms with Crippen molar-refractivity contribution in [2.24, 2.45) is 0 Å². The van der Waals surface area contributed by atoms with E-state index in [0.29, 0.717) is 25.5 Å². The van der Waals surface area contributed by atoms with Gasteiger partial charge in [-0.15, -0.1) is 0 Å². The Labute approximate surface area is 102 Å². The van der Waals surface area contributed by atoms with E-state index < -0.39 is 4.92 Å². The minimum absolute atomic E-state index is 0.189. The summed E-state index contributed by atoms with van der Waals surface area (Å²) in [5, 5.41) is 13.6. The molecule has 0 atom stereocenters. The van der Waals surface area contributed by atoms with Gasteiger partial charge in [0.2, 0.25) is 5.28 Å². The first kappa shape index (κ1) is 11.6. The van der Waals surface area contributed by atoms with Crippen molar-refractivity contribution < 1.29 is 4.92 Å². The molecule has 0 aliphatic carbocycles. The summed E-state index contributed by atoms with van der Waals surface area (Å²) in [5.74, 6) is 0.505. The predicted octanol–water partition coefficient (Wildman–Crippen LogP) is 0.611. The fourth-order valence-electron chi connectivity index (χ4n) is 1.58. The third-order valence-corrected chi connectivity index (χ3v) is 2.50. The second-order valence-electron chi connectivity index (χ2n) is 3.51. The van der Waals surface area contributed by atoms with E-state index in [0.717, 1.165) is 11.8 Å².